The largest absolute Gasteiger partial charge is 0.481 e. The maximum atomic E-state index is 13.0. The lowest BCUT2D eigenvalue weighted by molar-refractivity contribution is -0.139. The number of aliphatic carboxylic acids is 1. The van der Waals surface area contributed by atoms with Crippen LogP contribution < -0.4 is 0 Å². The molecule has 3 aliphatic carbocycles. The molecule has 0 spiro atoms. The van der Waals surface area contributed by atoms with Crippen LogP contribution in [0.1, 0.15) is 69.9 Å². The predicted octanol–water partition coefficient (Wildman–Crippen LogP) is 5.59. The van der Waals surface area contributed by atoms with E-state index in [1.54, 1.807) is 6.08 Å². The quantitative estimate of drug-likeness (QED) is 0.504. The molecule has 1 fully saturated rings. The van der Waals surface area contributed by atoms with Crippen LogP contribution in [0.15, 0.2) is 42.0 Å². The molecule has 1 aromatic carbocycles. The van der Waals surface area contributed by atoms with Gasteiger partial charge in [0, 0.05) is 6.42 Å². The number of aliphatic hydroxyl groups excluding tert-OH is 2. The highest BCUT2D eigenvalue weighted by atomic mass is 19.4. The molecule has 32 heavy (non-hydrogen) atoms. The number of rotatable bonds is 7. The topological polar surface area (TPSA) is 77.8 Å². The molecule has 176 valence electrons. The number of carboxylic acid groups (broad SMARTS) is 1. The maximum absolute atomic E-state index is 13.0. The number of hydrogen-bond donors (Lipinski definition) is 3. The van der Waals surface area contributed by atoms with Gasteiger partial charge in [0.15, 0.2) is 0 Å². The molecule has 1 saturated carbocycles. The van der Waals surface area contributed by atoms with Crippen LogP contribution in [0.25, 0.3) is 5.57 Å². The second-order valence-corrected chi connectivity index (χ2v) is 9.93. The van der Waals surface area contributed by atoms with Gasteiger partial charge >= 0.3 is 12.1 Å². The molecule has 2 bridgehead atoms. The fraction of sp³-hybridized carbons (Fsp3) is 0.560. The zero-order chi connectivity index (χ0) is 23.7. The normalized spacial score (nSPS) is 28.1. The summed E-state index contributed by atoms with van der Waals surface area (Å²) in [6.45, 7) is 4.38. The highest BCUT2D eigenvalue weighted by Crippen LogP contribution is 2.58. The summed E-state index contributed by atoms with van der Waals surface area (Å²) in [7, 11) is 0. The summed E-state index contributed by atoms with van der Waals surface area (Å²) in [6.07, 6.45) is 0.966. The van der Waals surface area contributed by atoms with Crippen molar-refractivity contribution in [2.75, 3.05) is 0 Å². The summed E-state index contributed by atoms with van der Waals surface area (Å²) in [6, 6.07) is 5.27. The molecule has 0 amide bonds. The van der Waals surface area contributed by atoms with Gasteiger partial charge in [-0.1, -0.05) is 38.1 Å². The van der Waals surface area contributed by atoms with Crippen LogP contribution in [-0.4, -0.2) is 33.5 Å². The summed E-state index contributed by atoms with van der Waals surface area (Å²) in [5.74, 6) is -1.14. The lowest BCUT2D eigenvalue weighted by atomic mass is 9.65. The van der Waals surface area contributed by atoms with Crippen molar-refractivity contribution >= 4 is 11.5 Å². The minimum absolute atomic E-state index is 0.0728. The Morgan fingerprint density at radius 2 is 1.69 bits per heavy atom. The molecule has 4 nitrogen and oxygen atoms in total. The van der Waals surface area contributed by atoms with Gasteiger partial charge in [0.1, 0.15) is 0 Å². The molecule has 0 saturated heterocycles. The Kier molecular flexibility index (Phi) is 6.91. The summed E-state index contributed by atoms with van der Waals surface area (Å²) >= 11 is 0. The van der Waals surface area contributed by atoms with Gasteiger partial charge in [-0.05, 0) is 71.8 Å². The molecule has 2 unspecified atom stereocenters. The zero-order valence-electron chi connectivity index (χ0n) is 18.5. The molecular formula is C25H31F3O4. The number of halogens is 3. The van der Waals surface area contributed by atoms with E-state index in [-0.39, 0.29) is 17.3 Å². The highest BCUT2D eigenvalue weighted by molar-refractivity contribution is 5.74. The summed E-state index contributed by atoms with van der Waals surface area (Å²) < 4.78 is 39.1. The van der Waals surface area contributed by atoms with E-state index in [1.807, 2.05) is 6.08 Å². The number of carbonyl (C=O) groups is 1. The number of aliphatic hydroxyl groups is 2. The third-order valence-corrected chi connectivity index (χ3v) is 7.11. The van der Waals surface area contributed by atoms with Gasteiger partial charge in [-0.3, -0.25) is 4.79 Å². The summed E-state index contributed by atoms with van der Waals surface area (Å²) in [5, 5.41) is 28.9. The van der Waals surface area contributed by atoms with Gasteiger partial charge in [-0.25, -0.2) is 0 Å². The average molecular weight is 453 g/mol. The Morgan fingerprint density at radius 3 is 2.22 bits per heavy atom. The van der Waals surface area contributed by atoms with E-state index in [0.29, 0.717) is 0 Å². The third kappa shape index (κ3) is 5.62. The lowest BCUT2D eigenvalue weighted by Gasteiger charge is -2.40. The SMILES string of the molecule is CC12CCC(C)(CC1)C(C=CC(O)CC(O)CC(=O)O)=C(c1ccc(C(F)(F)F)cc1)C2. The standard InChI is InChI=1S/C25H31F3O4/c1-23-9-11-24(2,12-10-23)21(8-7-18(29)13-19(30)14-22(31)32)20(15-23)16-3-5-17(6-4-16)25(26,27)28/h3-8,18-19,29-30H,9-15H2,1-2H3,(H,31,32). The van der Waals surface area contributed by atoms with E-state index in [2.05, 4.69) is 13.8 Å². The van der Waals surface area contributed by atoms with Crippen LogP contribution in [0.4, 0.5) is 13.2 Å². The van der Waals surface area contributed by atoms with Crippen molar-refractivity contribution in [3.8, 4) is 0 Å². The van der Waals surface area contributed by atoms with Crippen molar-refractivity contribution in [2.24, 2.45) is 10.8 Å². The Balaban J connectivity index is 1.97. The van der Waals surface area contributed by atoms with Crippen molar-refractivity contribution in [2.45, 2.75) is 77.2 Å². The van der Waals surface area contributed by atoms with Gasteiger partial charge in [0.05, 0.1) is 24.2 Å². The predicted molar refractivity (Wildman–Crippen MR) is 116 cm³/mol. The molecular weight excluding hydrogens is 421 g/mol. The number of benzene rings is 1. The highest BCUT2D eigenvalue weighted by Gasteiger charge is 2.44. The summed E-state index contributed by atoms with van der Waals surface area (Å²) in [5.41, 5.74) is 1.97. The zero-order valence-corrected chi connectivity index (χ0v) is 18.5. The van der Waals surface area contributed by atoms with E-state index in [0.717, 1.165) is 60.9 Å². The monoisotopic (exact) mass is 452 g/mol. The molecule has 1 aromatic rings. The smallest absolute Gasteiger partial charge is 0.416 e. The van der Waals surface area contributed by atoms with Gasteiger partial charge in [-0.15, -0.1) is 0 Å². The van der Waals surface area contributed by atoms with Crippen LogP contribution in [0.3, 0.4) is 0 Å². The molecule has 0 radical (unpaired) electrons. The van der Waals surface area contributed by atoms with Gasteiger partial charge < -0.3 is 15.3 Å². The molecule has 0 aliphatic heterocycles. The van der Waals surface area contributed by atoms with Crippen molar-refractivity contribution in [1.29, 1.82) is 0 Å². The first-order chi connectivity index (χ1) is 14.8. The minimum atomic E-state index is -4.39. The fourth-order valence-electron chi connectivity index (χ4n) is 5.01. The van der Waals surface area contributed by atoms with Gasteiger partial charge in [0.25, 0.3) is 0 Å². The second kappa shape index (κ2) is 9.02. The number of fused-ring (bicyclic) bond motifs is 3. The number of allylic oxidation sites excluding steroid dienone is 3. The van der Waals surface area contributed by atoms with E-state index in [9.17, 15) is 28.2 Å². The van der Waals surface area contributed by atoms with Crippen LogP contribution in [0.2, 0.25) is 0 Å². The lowest BCUT2D eigenvalue weighted by Crippen LogP contribution is -2.28. The van der Waals surface area contributed by atoms with Crippen LogP contribution in [0.5, 0.6) is 0 Å². The Labute approximate surface area is 186 Å². The first-order valence-corrected chi connectivity index (χ1v) is 11.0. The Morgan fingerprint density at radius 1 is 1.09 bits per heavy atom. The van der Waals surface area contributed by atoms with Crippen LogP contribution in [-0.2, 0) is 11.0 Å². The first-order valence-electron chi connectivity index (χ1n) is 11.0. The van der Waals surface area contributed by atoms with Crippen LogP contribution >= 0.6 is 0 Å². The maximum Gasteiger partial charge on any atom is 0.416 e. The number of alkyl halides is 3. The average Bonchev–Trinajstić information content (AvgIpc) is 2.86. The van der Waals surface area contributed by atoms with E-state index < -0.39 is 36.3 Å². The van der Waals surface area contributed by atoms with Gasteiger partial charge in [0.2, 0.25) is 0 Å². The number of carboxylic acids is 1. The van der Waals surface area contributed by atoms with Crippen molar-refractivity contribution in [3.05, 3.63) is 53.1 Å². The van der Waals surface area contributed by atoms with Gasteiger partial charge in [-0.2, -0.15) is 13.2 Å². The first kappa shape index (κ1) is 24.5. The third-order valence-electron chi connectivity index (χ3n) is 7.11. The van der Waals surface area contributed by atoms with E-state index >= 15 is 0 Å². The molecule has 3 aliphatic rings. The van der Waals surface area contributed by atoms with Crippen molar-refractivity contribution < 1.29 is 33.3 Å². The second-order valence-electron chi connectivity index (χ2n) is 9.93. The van der Waals surface area contributed by atoms with Crippen LogP contribution in [0, 0.1) is 10.8 Å². The fourth-order valence-corrected chi connectivity index (χ4v) is 5.01. The van der Waals surface area contributed by atoms with E-state index in [1.165, 1.54) is 12.1 Å². The molecule has 3 N–H and O–H groups in total. The molecule has 0 heterocycles. The Bertz CT molecular complexity index is 891. The molecule has 4 rings (SSSR count). The summed E-state index contributed by atoms with van der Waals surface area (Å²) in [4.78, 5) is 10.7. The number of hydrogen-bond acceptors (Lipinski definition) is 3. The molecule has 7 heteroatoms. The van der Waals surface area contributed by atoms with Crippen molar-refractivity contribution in [3.63, 3.8) is 0 Å². The molecule has 2 atom stereocenters. The molecule has 0 aromatic heterocycles. The minimum Gasteiger partial charge on any atom is -0.481 e. The van der Waals surface area contributed by atoms with Crippen molar-refractivity contribution in [1.82, 2.24) is 0 Å². The Hall–Kier alpha value is -2.12. The van der Waals surface area contributed by atoms with E-state index in [4.69, 9.17) is 5.11 Å².